The Labute approximate surface area is 92.8 Å². The molecule has 0 saturated heterocycles. The zero-order valence-electron chi connectivity index (χ0n) is 9.03. The summed E-state index contributed by atoms with van der Waals surface area (Å²) in [5.74, 6) is -0.408. The molecule has 1 aromatic carbocycles. The quantitative estimate of drug-likeness (QED) is 0.733. The minimum atomic E-state index is -0.408. The summed E-state index contributed by atoms with van der Waals surface area (Å²) in [7, 11) is 0. The predicted molar refractivity (Wildman–Crippen MR) is 57.7 cm³/mol. The van der Waals surface area contributed by atoms with Gasteiger partial charge in [0.25, 0.3) is 0 Å². The number of aryl methyl sites for hydroxylation is 2. The molecule has 0 amide bonds. The zero-order valence-corrected chi connectivity index (χ0v) is 9.03. The summed E-state index contributed by atoms with van der Waals surface area (Å²) >= 11 is 0. The van der Waals surface area contributed by atoms with E-state index in [1.54, 1.807) is 30.1 Å². The Morgan fingerprint density at radius 2 is 2.12 bits per heavy atom. The van der Waals surface area contributed by atoms with Gasteiger partial charge >= 0.3 is 0 Å². The molecule has 1 heterocycles. The van der Waals surface area contributed by atoms with Crippen molar-refractivity contribution in [1.29, 1.82) is 5.26 Å². The van der Waals surface area contributed by atoms with Gasteiger partial charge in [-0.25, -0.2) is 9.37 Å². The summed E-state index contributed by atoms with van der Waals surface area (Å²) < 4.78 is 15.4. The molecule has 0 saturated carbocycles. The van der Waals surface area contributed by atoms with E-state index in [2.05, 4.69) is 4.98 Å². The van der Waals surface area contributed by atoms with E-state index in [0.717, 1.165) is 5.69 Å². The van der Waals surface area contributed by atoms with Gasteiger partial charge in [0.15, 0.2) is 0 Å². The van der Waals surface area contributed by atoms with E-state index >= 15 is 0 Å². The Kier molecular flexibility index (Phi) is 2.45. The highest BCUT2D eigenvalue weighted by Gasteiger charge is 2.10. The lowest BCUT2D eigenvalue weighted by atomic mass is 10.1. The van der Waals surface area contributed by atoms with Gasteiger partial charge in [-0.05, 0) is 31.5 Å². The van der Waals surface area contributed by atoms with E-state index in [0.29, 0.717) is 16.8 Å². The molecule has 0 fully saturated rings. The van der Waals surface area contributed by atoms with Gasteiger partial charge in [0.1, 0.15) is 5.82 Å². The average Bonchev–Trinajstić information content (AvgIpc) is 2.63. The van der Waals surface area contributed by atoms with E-state index in [-0.39, 0.29) is 0 Å². The molecule has 2 rings (SSSR count). The van der Waals surface area contributed by atoms with E-state index < -0.39 is 5.82 Å². The second-order valence-corrected chi connectivity index (χ2v) is 3.66. The lowest BCUT2D eigenvalue weighted by Gasteiger charge is -2.08. The van der Waals surface area contributed by atoms with Crippen LogP contribution in [0.2, 0.25) is 0 Å². The van der Waals surface area contributed by atoms with Crippen LogP contribution in [0.4, 0.5) is 4.39 Å². The van der Waals surface area contributed by atoms with Gasteiger partial charge in [-0.1, -0.05) is 0 Å². The third-order valence-electron chi connectivity index (χ3n) is 2.35. The minimum Gasteiger partial charge on any atom is -0.303 e. The van der Waals surface area contributed by atoms with Gasteiger partial charge < -0.3 is 4.57 Å². The van der Waals surface area contributed by atoms with Crippen LogP contribution in [0.25, 0.3) is 5.69 Å². The third kappa shape index (κ3) is 1.68. The van der Waals surface area contributed by atoms with E-state index in [4.69, 9.17) is 5.26 Å². The lowest BCUT2D eigenvalue weighted by Crippen LogP contribution is -1.99. The topological polar surface area (TPSA) is 41.6 Å². The van der Waals surface area contributed by atoms with Crippen molar-refractivity contribution in [2.45, 2.75) is 13.8 Å². The van der Waals surface area contributed by atoms with Crippen LogP contribution in [-0.4, -0.2) is 9.55 Å². The first-order chi connectivity index (χ1) is 7.61. The van der Waals surface area contributed by atoms with Gasteiger partial charge in [0.2, 0.25) is 0 Å². The van der Waals surface area contributed by atoms with Crippen LogP contribution in [0.3, 0.4) is 0 Å². The van der Waals surface area contributed by atoms with Crippen molar-refractivity contribution in [3.63, 3.8) is 0 Å². The average molecular weight is 215 g/mol. The molecule has 0 spiro atoms. The Balaban J connectivity index is 2.63. The zero-order chi connectivity index (χ0) is 11.7. The molecule has 4 heteroatoms. The first-order valence-corrected chi connectivity index (χ1v) is 4.83. The molecule has 0 aliphatic heterocycles. The lowest BCUT2D eigenvalue weighted by molar-refractivity contribution is 0.616. The fourth-order valence-corrected chi connectivity index (χ4v) is 1.67. The Hall–Kier alpha value is -2.15. The molecule has 0 atom stereocenters. The monoisotopic (exact) mass is 215 g/mol. The van der Waals surface area contributed by atoms with E-state index in [1.807, 2.05) is 13.0 Å². The maximum atomic E-state index is 13.8. The first-order valence-electron chi connectivity index (χ1n) is 4.83. The van der Waals surface area contributed by atoms with Crippen molar-refractivity contribution in [2.75, 3.05) is 0 Å². The van der Waals surface area contributed by atoms with Gasteiger partial charge in [0, 0.05) is 6.20 Å². The summed E-state index contributed by atoms with van der Waals surface area (Å²) in [5, 5.41) is 8.72. The number of hydrogen-bond acceptors (Lipinski definition) is 2. The fraction of sp³-hybridized carbons (Fsp3) is 0.167. The molecule has 1 aromatic heterocycles. The molecule has 0 N–H and O–H groups in total. The molecule has 80 valence electrons. The molecule has 0 unspecified atom stereocenters. The van der Waals surface area contributed by atoms with E-state index in [9.17, 15) is 4.39 Å². The molecule has 0 aliphatic rings. The predicted octanol–water partition coefficient (Wildman–Crippen LogP) is 2.50. The van der Waals surface area contributed by atoms with Crippen LogP contribution in [0, 0.1) is 31.0 Å². The minimum absolute atomic E-state index is 0.329. The summed E-state index contributed by atoms with van der Waals surface area (Å²) in [4.78, 5) is 4.05. The van der Waals surface area contributed by atoms with Crippen LogP contribution < -0.4 is 0 Å². The summed E-state index contributed by atoms with van der Waals surface area (Å²) in [6.45, 7) is 3.61. The number of halogens is 1. The second-order valence-electron chi connectivity index (χ2n) is 3.66. The number of nitriles is 1. The first kappa shape index (κ1) is 10.4. The molecular formula is C12H10FN3. The van der Waals surface area contributed by atoms with Crippen molar-refractivity contribution >= 4 is 0 Å². The summed E-state index contributed by atoms with van der Waals surface area (Å²) in [5.41, 5.74) is 2.31. The number of nitrogens with zero attached hydrogens (tertiary/aromatic N) is 3. The number of benzene rings is 1. The van der Waals surface area contributed by atoms with Crippen molar-refractivity contribution < 1.29 is 4.39 Å². The molecule has 2 aromatic rings. The maximum absolute atomic E-state index is 13.8. The molecule has 0 aliphatic carbocycles. The largest absolute Gasteiger partial charge is 0.303 e. The molecule has 0 bridgehead atoms. The highest BCUT2D eigenvalue weighted by atomic mass is 19.1. The van der Waals surface area contributed by atoms with Crippen LogP contribution >= 0.6 is 0 Å². The van der Waals surface area contributed by atoms with Crippen molar-refractivity contribution in [1.82, 2.24) is 9.55 Å². The molecule has 0 radical (unpaired) electrons. The highest BCUT2D eigenvalue weighted by Crippen LogP contribution is 2.20. The van der Waals surface area contributed by atoms with Crippen LogP contribution in [0.15, 0.2) is 24.7 Å². The molecule has 3 nitrogen and oxygen atoms in total. The summed E-state index contributed by atoms with van der Waals surface area (Å²) in [6, 6.07) is 4.82. The van der Waals surface area contributed by atoms with Crippen molar-refractivity contribution in [2.24, 2.45) is 0 Å². The van der Waals surface area contributed by atoms with Gasteiger partial charge in [-0.2, -0.15) is 5.26 Å². The standard InChI is InChI=1S/C12H10FN3/c1-8-3-10(5-14)4-11(13)12(8)16-6-9(2)15-7-16/h3-4,6-7H,1-2H3. The molecular weight excluding hydrogens is 205 g/mol. The number of aromatic nitrogens is 2. The number of hydrogen-bond donors (Lipinski definition) is 0. The SMILES string of the molecule is Cc1cn(-c2c(C)cc(C#N)cc2F)cn1. The van der Waals surface area contributed by atoms with Crippen molar-refractivity contribution in [3.05, 3.63) is 47.3 Å². The number of imidazole rings is 1. The Morgan fingerprint density at radius 1 is 1.38 bits per heavy atom. The Bertz CT molecular complexity index is 555. The Morgan fingerprint density at radius 3 is 2.62 bits per heavy atom. The van der Waals surface area contributed by atoms with Gasteiger partial charge in [-0.3, -0.25) is 0 Å². The highest BCUT2D eigenvalue weighted by molar-refractivity contribution is 5.47. The number of rotatable bonds is 1. The maximum Gasteiger partial charge on any atom is 0.148 e. The normalized spacial score (nSPS) is 10.1. The van der Waals surface area contributed by atoms with Gasteiger partial charge in [0.05, 0.1) is 29.3 Å². The van der Waals surface area contributed by atoms with Crippen LogP contribution in [0.5, 0.6) is 0 Å². The smallest absolute Gasteiger partial charge is 0.148 e. The van der Waals surface area contributed by atoms with Gasteiger partial charge in [-0.15, -0.1) is 0 Å². The molecule has 16 heavy (non-hydrogen) atoms. The fourth-order valence-electron chi connectivity index (χ4n) is 1.67. The second kappa shape index (κ2) is 3.78. The van der Waals surface area contributed by atoms with E-state index in [1.165, 1.54) is 6.07 Å². The van der Waals surface area contributed by atoms with Crippen LogP contribution in [-0.2, 0) is 0 Å². The summed E-state index contributed by atoms with van der Waals surface area (Å²) in [6.07, 6.45) is 3.31. The van der Waals surface area contributed by atoms with Crippen LogP contribution in [0.1, 0.15) is 16.8 Å². The van der Waals surface area contributed by atoms with Crippen molar-refractivity contribution in [3.8, 4) is 11.8 Å². The third-order valence-corrected chi connectivity index (χ3v) is 2.35.